The Labute approximate surface area is 115 Å². The molecule has 0 saturated heterocycles. The maximum atomic E-state index is 11.5. The number of imidazole rings is 1. The number of hydrogen-bond donors (Lipinski definition) is 2. The number of hydrogen-bond acceptors (Lipinski definition) is 4. The molecule has 0 saturated carbocycles. The van der Waals surface area contributed by atoms with Crippen molar-refractivity contribution >= 4 is 5.69 Å². The average Bonchev–Trinajstić information content (AvgIpc) is 2.93. The van der Waals surface area contributed by atoms with Gasteiger partial charge in [0.25, 0.3) is 0 Å². The molecular formula is C14H13N5O. The van der Waals surface area contributed by atoms with Crippen molar-refractivity contribution in [2.45, 2.75) is 6.54 Å². The van der Waals surface area contributed by atoms with Crippen LogP contribution in [-0.2, 0) is 6.54 Å². The van der Waals surface area contributed by atoms with Crippen LogP contribution in [0.4, 0.5) is 5.69 Å². The highest BCUT2D eigenvalue weighted by atomic mass is 16.1. The Balaban J connectivity index is 1.71. The Hall–Kier alpha value is -2.89. The van der Waals surface area contributed by atoms with Gasteiger partial charge in [-0.2, -0.15) is 0 Å². The van der Waals surface area contributed by atoms with E-state index in [4.69, 9.17) is 0 Å². The highest BCUT2D eigenvalue weighted by Gasteiger charge is 2.00. The highest BCUT2D eigenvalue weighted by molar-refractivity contribution is 5.48. The third-order valence-electron chi connectivity index (χ3n) is 2.88. The molecule has 0 atom stereocenters. The molecule has 0 amide bonds. The number of anilines is 1. The van der Waals surface area contributed by atoms with Gasteiger partial charge < -0.3 is 10.3 Å². The van der Waals surface area contributed by atoms with E-state index in [-0.39, 0.29) is 5.69 Å². The second-order valence-electron chi connectivity index (χ2n) is 4.23. The lowest BCUT2D eigenvalue weighted by molar-refractivity contribution is 0.984. The first-order valence-corrected chi connectivity index (χ1v) is 6.18. The van der Waals surface area contributed by atoms with Gasteiger partial charge in [-0.3, -0.25) is 14.5 Å². The van der Waals surface area contributed by atoms with Crippen molar-refractivity contribution in [2.75, 3.05) is 5.32 Å². The van der Waals surface area contributed by atoms with Crippen LogP contribution in [0.15, 0.2) is 60.0 Å². The predicted molar refractivity (Wildman–Crippen MR) is 75.7 cm³/mol. The number of H-pyrrole nitrogens is 1. The van der Waals surface area contributed by atoms with Crippen LogP contribution >= 0.6 is 0 Å². The van der Waals surface area contributed by atoms with E-state index in [0.29, 0.717) is 6.54 Å². The standard InChI is InChI=1S/C14H13N5O/c20-14-17-7-8-19(14)13-3-1-11(2-4-13)18-10-12-9-15-5-6-16-12/h1-9,18H,10H2,(H,17,20). The van der Waals surface area contributed by atoms with Gasteiger partial charge in [0.1, 0.15) is 0 Å². The summed E-state index contributed by atoms with van der Waals surface area (Å²) in [5.74, 6) is 0. The molecule has 20 heavy (non-hydrogen) atoms. The second kappa shape index (κ2) is 5.40. The number of nitrogens with zero attached hydrogens (tertiary/aromatic N) is 3. The summed E-state index contributed by atoms with van der Waals surface area (Å²) in [6.45, 7) is 0.608. The molecule has 0 aliphatic heterocycles. The fourth-order valence-electron chi connectivity index (χ4n) is 1.88. The van der Waals surface area contributed by atoms with Gasteiger partial charge in [-0.05, 0) is 24.3 Å². The molecule has 6 nitrogen and oxygen atoms in total. The van der Waals surface area contributed by atoms with Gasteiger partial charge in [-0.15, -0.1) is 0 Å². The lowest BCUT2D eigenvalue weighted by Crippen LogP contribution is -2.13. The van der Waals surface area contributed by atoms with Crippen molar-refractivity contribution in [3.05, 3.63) is 71.4 Å². The van der Waals surface area contributed by atoms with Crippen molar-refractivity contribution in [1.29, 1.82) is 0 Å². The molecule has 1 aromatic carbocycles. The molecule has 6 heteroatoms. The maximum absolute atomic E-state index is 11.5. The monoisotopic (exact) mass is 267 g/mol. The van der Waals surface area contributed by atoms with Crippen LogP contribution < -0.4 is 11.0 Å². The molecule has 2 heterocycles. The highest BCUT2D eigenvalue weighted by Crippen LogP contribution is 2.12. The van der Waals surface area contributed by atoms with Crippen molar-refractivity contribution in [2.24, 2.45) is 0 Å². The minimum Gasteiger partial charge on any atom is -0.379 e. The zero-order valence-electron chi connectivity index (χ0n) is 10.7. The molecule has 0 unspecified atom stereocenters. The van der Waals surface area contributed by atoms with Crippen LogP contribution in [0.5, 0.6) is 0 Å². The lowest BCUT2D eigenvalue weighted by Gasteiger charge is -2.07. The molecule has 2 N–H and O–H groups in total. The Kier molecular flexibility index (Phi) is 3.28. The number of benzene rings is 1. The molecule has 0 bridgehead atoms. The van der Waals surface area contributed by atoms with Gasteiger partial charge in [0, 0.05) is 30.5 Å². The van der Waals surface area contributed by atoms with Gasteiger partial charge in [-0.1, -0.05) is 0 Å². The summed E-state index contributed by atoms with van der Waals surface area (Å²) < 4.78 is 1.55. The molecule has 0 fully saturated rings. The quantitative estimate of drug-likeness (QED) is 0.752. The summed E-state index contributed by atoms with van der Waals surface area (Å²) in [6, 6.07) is 7.61. The van der Waals surface area contributed by atoms with Crippen LogP contribution in [0, 0.1) is 0 Å². The van der Waals surface area contributed by atoms with Gasteiger partial charge in [0.15, 0.2) is 0 Å². The second-order valence-corrected chi connectivity index (χ2v) is 4.23. The summed E-state index contributed by atoms with van der Waals surface area (Å²) in [5.41, 5.74) is 2.51. The molecule has 3 aromatic rings. The molecule has 2 aromatic heterocycles. The third kappa shape index (κ3) is 2.59. The van der Waals surface area contributed by atoms with Crippen molar-refractivity contribution in [3.63, 3.8) is 0 Å². The summed E-state index contributed by atoms with van der Waals surface area (Å²) in [5, 5.41) is 3.25. The predicted octanol–water partition coefficient (Wildman–Crippen LogP) is 1.57. The van der Waals surface area contributed by atoms with Gasteiger partial charge in [-0.25, -0.2) is 4.79 Å². The van der Waals surface area contributed by atoms with Gasteiger partial charge in [0.05, 0.1) is 24.1 Å². The summed E-state index contributed by atoms with van der Waals surface area (Å²) in [7, 11) is 0. The fraction of sp³-hybridized carbons (Fsp3) is 0.0714. The first-order valence-electron chi connectivity index (χ1n) is 6.18. The Bertz CT molecular complexity index is 730. The summed E-state index contributed by atoms with van der Waals surface area (Å²) >= 11 is 0. The maximum Gasteiger partial charge on any atom is 0.330 e. The molecule has 3 rings (SSSR count). The van der Waals surface area contributed by atoms with Crippen LogP contribution in [0.25, 0.3) is 5.69 Å². The minimum atomic E-state index is -0.148. The summed E-state index contributed by atoms with van der Waals surface area (Å²) in [4.78, 5) is 22.3. The van der Waals surface area contributed by atoms with Crippen LogP contribution in [0.2, 0.25) is 0 Å². The molecule has 0 radical (unpaired) electrons. The Morgan fingerprint density at radius 3 is 2.70 bits per heavy atom. The number of aromatic nitrogens is 4. The zero-order valence-corrected chi connectivity index (χ0v) is 10.7. The normalized spacial score (nSPS) is 10.4. The van der Waals surface area contributed by atoms with E-state index >= 15 is 0 Å². The fourth-order valence-corrected chi connectivity index (χ4v) is 1.88. The zero-order chi connectivity index (χ0) is 13.8. The van der Waals surface area contributed by atoms with Crippen LogP contribution in [-0.4, -0.2) is 19.5 Å². The number of nitrogens with one attached hydrogen (secondary N) is 2. The topological polar surface area (TPSA) is 75.6 Å². The van der Waals surface area contributed by atoms with E-state index < -0.39 is 0 Å². The van der Waals surface area contributed by atoms with E-state index in [1.54, 1.807) is 35.6 Å². The van der Waals surface area contributed by atoms with Crippen molar-refractivity contribution in [1.82, 2.24) is 19.5 Å². The lowest BCUT2D eigenvalue weighted by atomic mass is 10.2. The Morgan fingerprint density at radius 1 is 1.20 bits per heavy atom. The third-order valence-corrected chi connectivity index (χ3v) is 2.88. The van der Waals surface area contributed by atoms with E-state index in [2.05, 4.69) is 20.3 Å². The number of aromatic amines is 1. The Morgan fingerprint density at radius 2 is 2.05 bits per heavy atom. The van der Waals surface area contributed by atoms with Crippen molar-refractivity contribution in [3.8, 4) is 5.69 Å². The first-order chi connectivity index (χ1) is 9.83. The molecule has 0 aliphatic carbocycles. The molecule has 100 valence electrons. The molecule has 0 aliphatic rings. The van der Waals surface area contributed by atoms with E-state index in [1.165, 1.54) is 0 Å². The van der Waals surface area contributed by atoms with E-state index in [0.717, 1.165) is 17.1 Å². The van der Waals surface area contributed by atoms with Gasteiger partial charge >= 0.3 is 5.69 Å². The van der Waals surface area contributed by atoms with E-state index in [1.807, 2.05) is 24.3 Å². The van der Waals surface area contributed by atoms with E-state index in [9.17, 15) is 4.79 Å². The van der Waals surface area contributed by atoms with Crippen LogP contribution in [0.1, 0.15) is 5.69 Å². The molecular weight excluding hydrogens is 254 g/mol. The SMILES string of the molecule is O=c1[nH]ccn1-c1ccc(NCc2cnccn2)cc1. The van der Waals surface area contributed by atoms with Crippen molar-refractivity contribution < 1.29 is 0 Å². The molecule has 0 spiro atoms. The van der Waals surface area contributed by atoms with Crippen LogP contribution in [0.3, 0.4) is 0 Å². The minimum absolute atomic E-state index is 0.148. The smallest absolute Gasteiger partial charge is 0.330 e. The summed E-state index contributed by atoms with van der Waals surface area (Å²) in [6.07, 6.45) is 8.35. The average molecular weight is 267 g/mol. The number of rotatable bonds is 4. The van der Waals surface area contributed by atoms with Gasteiger partial charge in [0.2, 0.25) is 0 Å². The first kappa shape index (κ1) is 12.2. The largest absolute Gasteiger partial charge is 0.379 e.